The van der Waals surface area contributed by atoms with Crippen molar-refractivity contribution < 1.29 is 0 Å². The van der Waals surface area contributed by atoms with Gasteiger partial charge in [-0.1, -0.05) is 70.1 Å². The summed E-state index contributed by atoms with van der Waals surface area (Å²) in [5.74, 6) is 0. The minimum Gasteiger partial charge on any atom is -0.0778 e. The molecule has 0 unspecified atom stereocenters. The minimum atomic E-state index is 0.127. The Balaban J connectivity index is 2.03. The topological polar surface area (TPSA) is 0 Å². The largest absolute Gasteiger partial charge is 0.0778 e. The SMILES string of the molecule is CC(C)(SSc1ccccc1)c1ccccc1. The van der Waals surface area contributed by atoms with Crippen molar-refractivity contribution in [2.75, 3.05) is 0 Å². The number of benzene rings is 2. The minimum absolute atomic E-state index is 0.127. The van der Waals surface area contributed by atoms with E-state index in [1.54, 1.807) is 0 Å². The molecule has 0 aromatic heterocycles. The molecular formula is C15H16S2. The summed E-state index contributed by atoms with van der Waals surface area (Å²) in [6.45, 7) is 4.53. The molecule has 0 N–H and O–H groups in total. The predicted octanol–water partition coefficient (Wildman–Crippen LogP) is 5.36. The van der Waals surface area contributed by atoms with Gasteiger partial charge in [-0.25, -0.2) is 0 Å². The molecule has 88 valence electrons. The van der Waals surface area contributed by atoms with Gasteiger partial charge < -0.3 is 0 Å². The maximum atomic E-state index is 2.27. The van der Waals surface area contributed by atoms with Gasteiger partial charge in [0.15, 0.2) is 0 Å². The van der Waals surface area contributed by atoms with Crippen LogP contribution in [-0.4, -0.2) is 0 Å². The van der Waals surface area contributed by atoms with Crippen LogP contribution in [0, 0.1) is 0 Å². The van der Waals surface area contributed by atoms with Gasteiger partial charge in [-0.15, -0.1) is 0 Å². The Labute approximate surface area is 111 Å². The van der Waals surface area contributed by atoms with Crippen LogP contribution in [0.2, 0.25) is 0 Å². The lowest BCUT2D eigenvalue weighted by Crippen LogP contribution is -2.09. The highest BCUT2D eigenvalue weighted by Gasteiger charge is 2.21. The average molecular weight is 260 g/mol. The van der Waals surface area contributed by atoms with Crippen molar-refractivity contribution in [2.24, 2.45) is 0 Å². The second-order valence-electron chi connectivity index (χ2n) is 4.36. The van der Waals surface area contributed by atoms with Gasteiger partial charge in [0.2, 0.25) is 0 Å². The molecule has 0 nitrogen and oxygen atoms in total. The van der Waals surface area contributed by atoms with Crippen LogP contribution in [0.25, 0.3) is 0 Å². The van der Waals surface area contributed by atoms with E-state index in [1.807, 2.05) is 21.6 Å². The van der Waals surface area contributed by atoms with Crippen molar-refractivity contribution in [3.05, 3.63) is 66.2 Å². The Morgan fingerprint density at radius 3 is 1.88 bits per heavy atom. The zero-order chi connectivity index (χ0) is 12.1. The quantitative estimate of drug-likeness (QED) is 0.678. The zero-order valence-corrected chi connectivity index (χ0v) is 11.7. The van der Waals surface area contributed by atoms with Gasteiger partial charge in [-0.05, 0) is 31.5 Å². The van der Waals surface area contributed by atoms with Crippen LogP contribution >= 0.6 is 21.6 Å². The molecular weight excluding hydrogens is 244 g/mol. The summed E-state index contributed by atoms with van der Waals surface area (Å²) < 4.78 is 0.127. The van der Waals surface area contributed by atoms with Gasteiger partial charge >= 0.3 is 0 Å². The third kappa shape index (κ3) is 3.55. The Kier molecular flexibility index (Phi) is 4.19. The van der Waals surface area contributed by atoms with Crippen molar-refractivity contribution in [1.82, 2.24) is 0 Å². The summed E-state index contributed by atoms with van der Waals surface area (Å²) >= 11 is 0. The molecule has 2 aromatic rings. The van der Waals surface area contributed by atoms with Gasteiger partial charge in [-0.2, -0.15) is 0 Å². The van der Waals surface area contributed by atoms with E-state index in [9.17, 15) is 0 Å². The van der Waals surface area contributed by atoms with Crippen molar-refractivity contribution in [1.29, 1.82) is 0 Å². The molecule has 0 heterocycles. The highest BCUT2D eigenvalue weighted by atomic mass is 33.1. The van der Waals surface area contributed by atoms with E-state index < -0.39 is 0 Å². The molecule has 0 aliphatic carbocycles. The fourth-order valence-corrected chi connectivity index (χ4v) is 3.86. The van der Waals surface area contributed by atoms with Crippen molar-refractivity contribution in [3.63, 3.8) is 0 Å². The first-order valence-corrected chi connectivity index (χ1v) is 7.80. The van der Waals surface area contributed by atoms with E-state index in [4.69, 9.17) is 0 Å². The molecule has 0 saturated carbocycles. The van der Waals surface area contributed by atoms with Crippen molar-refractivity contribution >= 4 is 21.6 Å². The lowest BCUT2D eigenvalue weighted by atomic mass is 10.0. The highest BCUT2D eigenvalue weighted by molar-refractivity contribution is 8.77. The smallest absolute Gasteiger partial charge is 0.0459 e. The van der Waals surface area contributed by atoms with Crippen LogP contribution in [0.1, 0.15) is 19.4 Å². The molecule has 0 saturated heterocycles. The first-order valence-electron chi connectivity index (χ1n) is 5.65. The second-order valence-corrected chi connectivity index (χ2v) is 7.18. The van der Waals surface area contributed by atoms with Crippen LogP contribution < -0.4 is 0 Å². The lowest BCUT2D eigenvalue weighted by molar-refractivity contribution is 0.789. The molecule has 0 radical (unpaired) electrons. The van der Waals surface area contributed by atoms with Crippen LogP contribution in [0.5, 0.6) is 0 Å². The number of hydrogen-bond donors (Lipinski definition) is 0. The second kappa shape index (κ2) is 5.65. The van der Waals surface area contributed by atoms with Gasteiger partial charge in [0.25, 0.3) is 0 Å². The summed E-state index contributed by atoms with van der Waals surface area (Å²) in [4.78, 5) is 1.31. The van der Waals surface area contributed by atoms with Gasteiger partial charge in [0.1, 0.15) is 0 Å². The molecule has 2 heteroatoms. The van der Waals surface area contributed by atoms with E-state index in [2.05, 4.69) is 74.5 Å². The van der Waals surface area contributed by atoms with E-state index in [0.717, 1.165) is 0 Å². The van der Waals surface area contributed by atoms with E-state index >= 15 is 0 Å². The van der Waals surface area contributed by atoms with Gasteiger partial charge in [0.05, 0.1) is 0 Å². The molecule has 0 spiro atoms. The molecule has 0 aliphatic rings. The van der Waals surface area contributed by atoms with E-state index in [1.165, 1.54) is 10.5 Å². The Hall–Kier alpha value is -0.860. The maximum Gasteiger partial charge on any atom is 0.0459 e. The summed E-state index contributed by atoms with van der Waals surface area (Å²) in [6.07, 6.45) is 0. The van der Waals surface area contributed by atoms with E-state index in [0.29, 0.717) is 0 Å². The summed E-state index contributed by atoms with van der Waals surface area (Å²) in [6, 6.07) is 21.2. The first-order chi connectivity index (χ1) is 8.18. The van der Waals surface area contributed by atoms with Crippen LogP contribution in [0.3, 0.4) is 0 Å². The Bertz CT molecular complexity index is 449. The van der Waals surface area contributed by atoms with Crippen molar-refractivity contribution in [2.45, 2.75) is 23.5 Å². The van der Waals surface area contributed by atoms with Crippen LogP contribution in [0.4, 0.5) is 0 Å². The molecule has 0 bridgehead atoms. The summed E-state index contributed by atoms with van der Waals surface area (Å²) in [7, 11) is 3.74. The van der Waals surface area contributed by atoms with Gasteiger partial charge in [0, 0.05) is 9.64 Å². The van der Waals surface area contributed by atoms with Crippen LogP contribution in [0.15, 0.2) is 65.6 Å². The molecule has 0 amide bonds. The summed E-state index contributed by atoms with van der Waals surface area (Å²) in [5, 5.41) is 0. The number of rotatable bonds is 4. The molecule has 0 fully saturated rings. The fraction of sp³-hybridized carbons (Fsp3) is 0.200. The monoisotopic (exact) mass is 260 g/mol. The van der Waals surface area contributed by atoms with Crippen LogP contribution in [-0.2, 0) is 4.75 Å². The zero-order valence-electron chi connectivity index (χ0n) is 10.1. The Morgan fingerprint density at radius 1 is 0.765 bits per heavy atom. The summed E-state index contributed by atoms with van der Waals surface area (Å²) in [5.41, 5.74) is 1.37. The first kappa shape index (κ1) is 12.6. The molecule has 2 rings (SSSR count). The molecule has 17 heavy (non-hydrogen) atoms. The lowest BCUT2D eigenvalue weighted by Gasteiger charge is -2.23. The average Bonchev–Trinajstić information content (AvgIpc) is 2.39. The normalized spacial score (nSPS) is 11.4. The fourth-order valence-electron chi connectivity index (χ4n) is 1.52. The highest BCUT2D eigenvalue weighted by Crippen LogP contribution is 2.46. The molecule has 2 aromatic carbocycles. The standard InChI is InChI=1S/C15H16S2/c1-15(2,13-9-5-3-6-10-13)17-16-14-11-7-4-8-12-14/h3-12H,1-2H3. The Morgan fingerprint density at radius 2 is 1.29 bits per heavy atom. The predicted molar refractivity (Wildman–Crippen MR) is 79.4 cm³/mol. The molecule has 0 aliphatic heterocycles. The van der Waals surface area contributed by atoms with E-state index in [-0.39, 0.29) is 4.75 Å². The number of hydrogen-bond acceptors (Lipinski definition) is 2. The van der Waals surface area contributed by atoms with Gasteiger partial charge in [-0.3, -0.25) is 0 Å². The molecule has 0 atom stereocenters. The third-order valence-electron chi connectivity index (χ3n) is 2.56. The third-order valence-corrected chi connectivity index (χ3v) is 5.84. The maximum absolute atomic E-state index is 2.27. The van der Waals surface area contributed by atoms with Crippen molar-refractivity contribution in [3.8, 4) is 0 Å².